The Morgan fingerprint density at radius 2 is 2.30 bits per heavy atom. The highest BCUT2D eigenvalue weighted by molar-refractivity contribution is 5.95. The Kier molecular flexibility index (Phi) is 3.69. The van der Waals surface area contributed by atoms with E-state index in [1.165, 1.54) is 12.4 Å². The maximum Gasteiger partial charge on any atom is 0.305 e. The summed E-state index contributed by atoms with van der Waals surface area (Å²) in [7, 11) is 0. The monoisotopic (exact) mass is 279 g/mol. The van der Waals surface area contributed by atoms with E-state index in [-0.39, 0.29) is 5.56 Å². The van der Waals surface area contributed by atoms with Crippen molar-refractivity contribution in [3.63, 3.8) is 0 Å². The molecule has 0 spiro atoms. The second-order valence-corrected chi connectivity index (χ2v) is 3.99. The van der Waals surface area contributed by atoms with Crippen molar-refractivity contribution in [3.05, 3.63) is 51.8 Å². The second kappa shape index (κ2) is 5.43. The number of benzene rings is 1. The first-order chi connectivity index (χ1) is 9.49. The lowest BCUT2D eigenvalue weighted by Gasteiger charge is -2.10. The number of nitrogens with zero attached hydrogens (tertiary/aromatic N) is 3. The minimum absolute atomic E-state index is 0.00975. The molecule has 2 N–H and O–H groups in total. The largest absolute Gasteiger partial charge is 0.342 e. The van der Waals surface area contributed by atoms with Gasteiger partial charge in [0.05, 0.1) is 11.0 Å². The third kappa shape index (κ3) is 2.76. The molecule has 0 radical (unpaired) electrons. The molecule has 0 aliphatic carbocycles. The summed E-state index contributed by atoms with van der Waals surface area (Å²) in [6, 6.07) is 2.48. The quantitative estimate of drug-likeness (QED) is 0.647. The van der Waals surface area contributed by atoms with Gasteiger partial charge in [-0.1, -0.05) is 0 Å². The maximum absolute atomic E-state index is 13.2. The zero-order chi connectivity index (χ0) is 14.7. The van der Waals surface area contributed by atoms with Crippen LogP contribution in [0.3, 0.4) is 0 Å². The molecule has 1 aromatic heterocycles. The van der Waals surface area contributed by atoms with E-state index in [1.54, 1.807) is 6.92 Å². The predicted octanol–water partition coefficient (Wildman–Crippen LogP) is 1.34. The first kappa shape index (κ1) is 13.6. The number of aromatic amines is 1. The summed E-state index contributed by atoms with van der Waals surface area (Å²) >= 11 is 0. The molecular weight excluding hydrogens is 269 g/mol. The van der Waals surface area contributed by atoms with Crippen LogP contribution in [-0.2, 0) is 0 Å². The molecule has 2 aromatic rings. The first-order valence-corrected chi connectivity index (χ1v) is 5.59. The molecule has 9 heteroatoms. The topological polar surface area (TPSA) is 114 Å². The van der Waals surface area contributed by atoms with Gasteiger partial charge in [-0.3, -0.25) is 20.0 Å². The lowest BCUT2D eigenvalue weighted by Crippen LogP contribution is -2.27. The molecule has 20 heavy (non-hydrogen) atoms. The number of carbonyl (C=O) groups excluding carboxylic acids is 1. The molecule has 1 unspecified atom stereocenters. The minimum atomic E-state index is -0.991. The smallest absolute Gasteiger partial charge is 0.305 e. The summed E-state index contributed by atoms with van der Waals surface area (Å²) < 4.78 is 13.2. The molecule has 0 bridgehead atoms. The minimum Gasteiger partial charge on any atom is -0.342 e. The van der Waals surface area contributed by atoms with Crippen LogP contribution < -0.4 is 5.32 Å². The SMILES string of the molecule is CC(NC(=O)c1ccc(F)c([N+](=O)[O-])c1)c1ncn[nH]1. The highest BCUT2D eigenvalue weighted by Gasteiger charge is 2.19. The van der Waals surface area contributed by atoms with Gasteiger partial charge in [0.1, 0.15) is 12.2 Å². The Hall–Kier alpha value is -2.84. The van der Waals surface area contributed by atoms with Crippen LogP contribution in [0, 0.1) is 15.9 Å². The number of hydrogen-bond donors (Lipinski definition) is 2. The lowest BCUT2D eigenvalue weighted by molar-refractivity contribution is -0.387. The molecule has 104 valence electrons. The van der Waals surface area contributed by atoms with Gasteiger partial charge < -0.3 is 5.32 Å². The summed E-state index contributed by atoms with van der Waals surface area (Å²) in [6.45, 7) is 1.66. The number of carbonyl (C=O) groups is 1. The summed E-state index contributed by atoms with van der Waals surface area (Å²) in [4.78, 5) is 25.5. The van der Waals surface area contributed by atoms with Crippen molar-refractivity contribution in [1.29, 1.82) is 0 Å². The number of rotatable bonds is 4. The van der Waals surface area contributed by atoms with E-state index in [2.05, 4.69) is 20.5 Å². The highest BCUT2D eigenvalue weighted by Crippen LogP contribution is 2.19. The number of aromatic nitrogens is 3. The lowest BCUT2D eigenvalue weighted by atomic mass is 10.1. The molecule has 2 rings (SSSR count). The number of nitrogens with one attached hydrogen (secondary N) is 2. The van der Waals surface area contributed by atoms with Gasteiger partial charge >= 0.3 is 5.69 Å². The maximum atomic E-state index is 13.2. The number of hydrogen-bond acceptors (Lipinski definition) is 5. The Balaban J connectivity index is 2.17. The average Bonchev–Trinajstić information content (AvgIpc) is 2.92. The fourth-order valence-corrected chi connectivity index (χ4v) is 1.57. The number of H-pyrrole nitrogens is 1. The van der Waals surface area contributed by atoms with Crippen LogP contribution in [0.25, 0.3) is 0 Å². The van der Waals surface area contributed by atoms with Crippen molar-refractivity contribution >= 4 is 11.6 Å². The average molecular weight is 279 g/mol. The molecule has 1 aromatic carbocycles. The Morgan fingerprint density at radius 1 is 1.55 bits per heavy atom. The van der Waals surface area contributed by atoms with Crippen molar-refractivity contribution in [3.8, 4) is 0 Å². The van der Waals surface area contributed by atoms with Gasteiger partial charge in [0.15, 0.2) is 0 Å². The van der Waals surface area contributed by atoms with Gasteiger partial charge in [-0.25, -0.2) is 4.98 Å². The molecule has 8 nitrogen and oxygen atoms in total. The van der Waals surface area contributed by atoms with Gasteiger partial charge in [-0.05, 0) is 19.1 Å². The van der Waals surface area contributed by atoms with Gasteiger partial charge in [0.2, 0.25) is 5.82 Å². The van der Waals surface area contributed by atoms with Crippen molar-refractivity contribution in [2.75, 3.05) is 0 Å². The van der Waals surface area contributed by atoms with Crippen LogP contribution in [0.4, 0.5) is 10.1 Å². The summed E-state index contributed by atoms with van der Waals surface area (Å²) in [5.74, 6) is -1.12. The van der Waals surface area contributed by atoms with E-state index >= 15 is 0 Å². The van der Waals surface area contributed by atoms with Crippen LogP contribution in [0.2, 0.25) is 0 Å². The molecule has 1 atom stereocenters. The molecule has 0 fully saturated rings. The van der Waals surface area contributed by atoms with Crippen LogP contribution in [0.15, 0.2) is 24.5 Å². The van der Waals surface area contributed by atoms with Gasteiger partial charge in [-0.2, -0.15) is 9.49 Å². The fourth-order valence-electron chi connectivity index (χ4n) is 1.57. The number of nitro groups is 1. The van der Waals surface area contributed by atoms with Crippen LogP contribution >= 0.6 is 0 Å². The molecule has 0 aliphatic rings. The highest BCUT2D eigenvalue weighted by atomic mass is 19.1. The zero-order valence-electron chi connectivity index (χ0n) is 10.3. The predicted molar refractivity (Wildman–Crippen MR) is 65.3 cm³/mol. The fraction of sp³-hybridized carbons (Fsp3) is 0.182. The summed E-state index contributed by atoms with van der Waals surface area (Å²) in [6.07, 6.45) is 1.29. The van der Waals surface area contributed by atoms with Crippen molar-refractivity contribution in [1.82, 2.24) is 20.5 Å². The van der Waals surface area contributed by atoms with Crippen LogP contribution in [0.5, 0.6) is 0 Å². The first-order valence-electron chi connectivity index (χ1n) is 5.59. The van der Waals surface area contributed by atoms with E-state index in [1.807, 2.05) is 0 Å². The number of amides is 1. The normalized spacial score (nSPS) is 11.9. The van der Waals surface area contributed by atoms with Crippen molar-refractivity contribution in [2.45, 2.75) is 13.0 Å². The van der Waals surface area contributed by atoms with Gasteiger partial charge in [0, 0.05) is 11.6 Å². The van der Waals surface area contributed by atoms with E-state index in [4.69, 9.17) is 0 Å². The Labute approximate surface area is 112 Å². The van der Waals surface area contributed by atoms with E-state index in [0.29, 0.717) is 5.82 Å². The summed E-state index contributed by atoms with van der Waals surface area (Å²) in [5, 5.41) is 19.4. The molecule has 1 amide bonds. The third-order valence-corrected chi connectivity index (χ3v) is 2.60. The van der Waals surface area contributed by atoms with Gasteiger partial charge in [-0.15, -0.1) is 0 Å². The third-order valence-electron chi connectivity index (χ3n) is 2.60. The molecule has 0 saturated heterocycles. The standard InChI is InChI=1S/C11H10FN5O3/c1-6(10-13-5-14-16-10)15-11(18)7-2-3-8(12)9(4-7)17(19)20/h2-6H,1H3,(H,15,18)(H,13,14,16). The van der Waals surface area contributed by atoms with E-state index in [0.717, 1.165) is 12.1 Å². The molecule has 1 heterocycles. The van der Waals surface area contributed by atoms with Crippen LogP contribution in [0.1, 0.15) is 29.1 Å². The Morgan fingerprint density at radius 3 is 2.90 bits per heavy atom. The number of halogens is 1. The zero-order valence-corrected chi connectivity index (χ0v) is 10.3. The van der Waals surface area contributed by atoms with E-state index < -0.39 is 28.4 Å². The summed E-state index contributed by atoms with van der Waals surface area (Å²) in [5.41, 5.74) is -0.755. The molecule has 0 aliphatic heterocycles. The van der Waals surface area contributed by atoms with Crippen LogP contribution in [-0.4, -0.2) is 26.0 Å². The molecular formula is C11H10FN5O3. The van der Waals surface area contributed by atoms with Crippen molar-refractivity contribution < 1.29 is 14.1 Å². The van der Waals surface area contributed by atoms with Gasteiger partial charge in [0.25, 0.3) is 5.91 Å². The molecule has 0 saturated carbocycles. The number of nitro benzene ring substituents is 1. The second-order valence-electron chi connectivity index (χ2n) is 3.99. The van der Waals surface area contributed by atoms with Crippen molar-refractivity contribution in [2.24, 2.45) is 0 Å². The Bertz CT molecular complexity index is 644. The van der Waals surface area contributed by atoms with E-state index in [9.17, 15) is 19.3 Å².